The summed E-state index contributed by atoms with van der Waals surface area (Å²) in [5.41, 5.74) is 0. The molecule has 0 spiro atoms. The van der Waals surface area contributed by atoms with Gasteiger partial charge in [0.05, 0.1) is 0 Å². The standard InChI is InChI=1S/C14H29NS/c1-11(2)13-6-5-7-14(10-13)15-9-8-12(3)16-4/h11-15H,5-10H2,1-4H3. The van der Waals surface area contributed by atoms with Crippen LogP contribution in [-0.4, -0.2) is 24.1 Å². The molecule has 1 nitrogen and oxygen atoms in total. The van der Waals surface area contributed by atoms with Crippen LogP contribution in [0.4, 0.5) is 0 Å². The van der Waals surface area contributed by atoms with Crippen LogP contribution in [-0.2, 0) is 0 Å². The van der Waals surface area contributed by atoms with Gasteiger partial charge in [0, 0.05) is 11.3 Å². The predicted octanol–water partition coefficient (Wildman–Crippen LogP) is 3.93. The summed E-state index contributed by atoms with van der Waals surface area (Å²) in [6.07, 6.45) is 9.21. The van der Waals surface area contributed by atoms with Crippen LogP contribution in [0.15, 0.2) is 0 Å². The van der Waals surface area contributed by atoms with Crippen LogP contribution < -0.4 is 5.32 Å². The van der Waals surface area contributed by atoms with Gasteiger partial charge < -0.3 is 5.32 Å². The van der Waals surface area contributed by atoms with Gasteiger partial charge in [0.15, 0.2) is 0 Å². The predicted molar refractivity (Wildman–Crippen MR) is 76.2 cm³/mol. The number of rotatable bonds is 6. The lowest BCUT2D eigenvalue weighted by atomic mass is 9.79. The lowest BCUT2D eigenvalue weighted by Crippen LogP contribution is -2.36. The first-order valence-electron chi connectivity index (χ1n) is 6.89. The minimum Gasteiger partial charge on any atom is -0.314 e. The summed E-state index contributed by atoms with van der Waals surface area (Å²) in [6, 6.07) is 0.801. The lowest BCUT2D eigenvalue weighted by molar-refractivity contribution is 0.231. The van der Waals surface area contributed by atoms with Crippen molar-refractivity contribution in [3.8, 4) is 0 Å². The van der Waals surface area contributed by atoms with E-state index in [4.69, 9.17) is 0 Å². The molecule has 3 unspecified atom stereocenters. The topological polar surface area (TPSA) is 12.0 Å². The van der Waals surface area contributed by atoms with Crippen molar-refractivity contribution in [3.63, 3.8) is 0 Å². The molecule has 1 fully saturated rings. The van der Waals surface area contributed by atoms with E-state index in [0.29, 0.717) is 0 Å². The minimum atomic E-state index is 0.801. The molecule has 0 aromatic carbocycles. The molecule has 1 saturated carbocycles. The van der Waals surface area contributed by atoms with Crippen molar-refractivity contribution < 1.29 is 0 Å². The van der Waals surface area contributed by atoms with Crippen molar-refractivity contribution in [2.24, 2.45) is 11.8 Å². The second-order valence-corrected chi connectivity index (χ2v) is 6.93. The molecule has 0 aromatic rings. The molecule has 3 atom stereocenters. The molecule has 0 heterocycles. The van der Waals surface area contributed by atoms with E-state index >= 15 is 0 Å². The molecule has 1 aliphatic carbocycles. The van der Waals surface area contributed by atoms with Crippen LogP contribution in [0.3, 0.4) is 0 Å². The Morgan fingerprint density at radius 3 is 2.62 bits per heavy atom. The first-order valence-corrected chi connectivity index (χ1v) is 8.18. The average Bonchev–Trinajstić information content (AvgIpc) is 2.29. The third-order valence-corrected chi connectivity index (χ3v) is 5.08. The van der Waals surface area contributed by atoms with Crippen LogP contribution in [0.5, 0.6) is 0 Å². The van der Waals surface area contributed by atoms with E-state index in [2.05, 4.69) is 32.3 Å². The molecule has 1 aliphatic rings. The Labute approximate surface area is 106 Å². The molecular weight excluding hydrogens is 214 g/mol. The van der Waals surface area contributed by atoms with Crippen molar-refractivity contribution >= 4 is 11.8 Å². The summed E-state index contributed by atoms with van der Waals surface area (Å²) < 4.78 is 0. The molecule has 16 heavy (non-hydrogen) atoms. The number of hydrogen-bond acceptors (Lipinski definition) is 2. The monoisotopic (exact) mass is 243 g/mol. The van der Waals surface area contributed by atoms with E-state index in [1.165, 1.54) is 38.6 Å². The smallest absolute Gasteiger partial charge is 0.00698 e. The summed E-state index contributed by atoms with van der Waals surface area (Å²) in [6.45, 7) is 8.29. The van der Waals surface area contributed by atoms with Gasteiger partial charge in [0.1, 0.15) is 0 Å². The lowest BCUT2D eigenvalue weighted by Gasteiger charge is -2.32. The van der Waals surface area contributed by atoms with Gasteiger partial charge in [0.25, 0.3) is 0 Å². The van der Waals surface area contributed by atoms with Crippen LogP contribution in [0.25, 0.3) is 0 Å². The molecule has 0 radical (unpaired) electrons. The van der Waals surface area contributed by atoms with Crippen molar-refractivity contribution in [3.05, 3.63) is 0 Å². The number of thioether (sulfide) groups is 1. The van der Waals surface area contributed by atoms with Gasteiger partial charge in [-0.15, -0.1) is 0 Å². The zero-order chi connectivity index (χ0) is 12.0. The Balaban J connectivity index is 2.17. The molecule has 1 rings (SSSR count). The highest BCUT2D eigenvalue weighted by Crippen LogP contribution is 2.29. The molecule has 0 aromatic heterocycles. The van der Waals surface area contributed by atoms with E-state index in [-0.39, 0.29) is 0 Å². The van der Waals surface area contributed by atoms with Crippen LogP contribution >= 0.6 is 11.8 Å². The van der Waals surface area contributed by atoms with E-state index in [9.17, 15) is 0 Å². The van der Waals surface area contributed by atoms with Crippen LogP contribution in [0.2, 0.25) is 0 Å². The van der Waals surface area contributed by atoms with Crippen LogP contribution in [0, 0.1) is 11.8 Å². The summed E-state index contributed by atoms with van der Waals surface area (Å²) in [4.78, 5) is 0. The number of nitrogens with one attached hydrogen (secondary N) is 1. The van der Waals surface area contributed by atoms with E-state index in [1.54, 1.807) is 0 Å². The van der Waals surface area contributed by atoms with E-state index in [0.717, 1.165) is 23.1 Å². The normalized spacial score (nSPS) is 28.3. The van der Waals surface area contributed by atoms with Gasteiger partial charge in [-0.1, -0.05) is 33.6 Å². The first kappa shape index (κ1) is 14.4. The van der Waals surface area contributed by atoms with Crippen molar-refractivity contribution in [2.45, 2.75) is 64.2 Å². The Kier molecular flexibility index (Phi) is 6.83. The van der Waals surface area contributed by atoms with E-state index < -0.39 is 0 Å². The zero-order valence-corrected chi connectivity index (χ0v) is 12.3. The Morgan fingerprint density at radius 2 is 2.00 bits per heavy atom. The summed E-state index contributed by atoms with van der Waals surface area (Å²) in [7, 11) is 0. The molecule has 0 aliphatic heterocycles. The molecule has 0 bridgehead atoms. The number of hydrogen-bond donors (Lipinski definition) is 1. The minimum absolute atomic E-state index is 0.801. The SMILES string of the molecule is CSC(C)CCNC1CCCC(C(C)C)C1. The fourth-order valence-electron chi connectivity index (χ4n) is 2.63. The van der Waals surface area contributed by atoms with Gasteiger partial charge in [-0.25, -0.2) is 0 Å². The second kappa shape index (κ2) is 7.60. The van der Waals surface area contributed by atoms with Gasteiger partial charge in [-0.05, 0) is 43.9 Å². The maximum Gasteiger partial charge on any atom is 0.00698 e. The second-order valence-electron chi connectivity index (χ2n) is 5.66. The maximum atomic E-state index is 3.76. The molecule has 0 saturated heterocycles. The Morgan fingerprint density at radius 1 is 1.25 bits per heavy atom. The summed E-state index contributed by atoms with van der Waals surface area (Å²) in [5, 5.41) is 4.56. The van der Waals surface area contributed by atoms with Crippen LogP contribution in [0.1, 0.15) is 52.9 Å². The zero-order valence-electron chi connectivity index (χ0n) is 11.5. The summed E-state index contributed by atoms with van der Waals surface area (Å²) in [5.74, 6) is 1.83. The Hall–Kier alpha value is 0.310. The highest BCUT2D eigenvalue weighted by Gasteiger charge is 2.23. The van der Waals surface area contributed by atoms with Gasteiger partial charge in [0.2, 0.25) is 0 Å². The van der Waals surface area contributed by atoms with E-state index in [1.807, 2.05) is 11.8 Å². The fourth-order valence-corrected chi connectivity index (χ4v) is 2.98. The molecule has 96 valence electrons. The average molecular weight is 243 g/mol. The van der Waals surface area contributed by atoms with Crippen molar-refractivity contribution in [1.82, 2.24) is 5.32 Å². The molecule has 0 amide bonds. The van der Waals surface area contributed by atoms with Gasteiger partial charge in [-0.2, -0.15) is 11.8 Å². The van der Waals surface area contributed by atoms with Crippen molar-refractivity contribution in [2.75, 3.05) is 12.8 Å². The van der Waals surface area contributed by atoms with Crippen molar-refractivity contribution in [1.29, 1.82) is 0 Å². The van der Waals surface area contributed by atoms with Gasteiger partial charge >= 0.3 is 0 Å². The third kappa shape index (κ3) is 5.09. The third-order valence-electron chi connectivity index (χ3n) is 4.04. The highest BCUT2D eigenvalue weighted by molar-refractivity contribution is 7.99. The molecular formula is C14H29NS. The fraction of sp³-hybridized carbons (Fsp3) is 1.00. The molecule has 1 N–H and O–H groups in total. The molecule has 2 heteroatoms. The quantitative estimate of drug-likeness (QED) is 0.758. The first-order chi connectivity index (χ1) is 7.63. The highest BCUT2D eigenvalue weighted by atomic mass is 32.2. The Bertz CT molecular complexity index is 182. The largest absolute Gasteiger partial charge is 0.314 e. The summed E-state index contributed by atoms with van der Waals surface area (Å²) >= 11 is 1.98. The maximum absolute atomic E-state index is 3.76. The van der Waals surface area contributed by atoms with Gasteiger partial charge in [-0.3, -0.25) is 0 Å².